The van der Waals surface area contributed by atoms with E-state index in [1.807, 2.05) is 32.9 Å². The topological polar surface area (TPSA) is 23.5 Å². The molecule has 0 aliphatic heterocycles. The molecule has 2 nitrogen and oxygen atoms in total. The molecule has 1 heterocycles. The highest BCUT2D eigenvalue weighted by Gasteiger charge is 2.21. The number of phenols is 1. The molecule has 0 spiro atoms. The molecule has 166 valence electrons. The molecule has 33 heavy (non-hydrogen) atoms. The molecular weight excluding hydrogens is 422 g/mol. The number of para-hydroxylation sites is 1. The van der Waals surface area contributed by atoms with Gasteiger partial charge in [0.05, 0.1) is 10.4 Å². The Balaban J connectivity index is 0.00000126. The van der Waals surface area contributed by atoms with Crippen LogP contribution in [0, 0.1) is 0 Å². The van der Waals surface area contributed by atoms with Gasteiger partial charge < -0.3 is 10.0 Å². The zero-order valence-electron chi connectivity index (χ0n) is 19.5. The Morgan fingerprint density at radius 2 is 1.58 bits per heavy atom. The first-order valence-electron chi connectivity index (χ1n) is 11.4. The summed E-state index contributed by atoms with van der Waals surface area (Å²) in [6.45, 7) is 8.11. The van der Waals surface area contributed by atoms with E-state index in [0.29, 0.717) is 5.75 Å². The van der Waals surface area contributed by atoms with Crippen molar-refractivity contribution in [3.8, 4) is 5.75 Å². The minimum atomic E-state index is 0.331. The van der Waals surface area contributed by atoms with Crippen LogP contribution in [0.3, 0.4) is 0 Å². The first kappa shape index (κ1) is 22.6. The molecule has 0 unspecified atom stereocenters. The largest absolute Gasteiger partial charge is 0.507 e. The summed E-state index contributed by atoms with van der Waals surface area (Å²) in [4.78, 5) is 2.31. The lowest BCUT2D eigenvalue weighted by Crippen LogP contribution is -2.15. The molecule has 1 N–H and O–H groups in total. The van der Waals surface area contributed by atoms with Crippen LogP contribution in [0.2, 0.25) is 0 Å². The average molecular weight is 452 g/mol. The van der Waals surface area contributed by atoms with E-state index < -0.39 is 0 Å². The molecule has 1 aromatic heterocycles. The normalized spacial score (nSPS) is 11.8. The van der Waals surface area contributed by atoms with E-state index in [0.717, 1.165) is 43.3 Å². The maximum Gasteiger partial charge on any atom is 0.124 e. The number of phenolic OH excluding ortho intramolecular Hbond substituents is 1. The van der Waals surface area contributed by atoms with Gasteiger partial charge in [0, 0.05) is 26.9 Å². The summed E-state index contributed by atoms with van der Waals surface area (Å²) < 4.78 is 2.26. The SMILES string of the molecule is C/C=C\C(=C/C)N(c1ccccc1)c1cc2ccccc2c2c1sc1cccc(O)c12.CC. The molecule has 0 radical (unpaired) electrons. The number of nitrogens with zero attached hydrogens (tertiary/aromatic N) is 1. The predicted octanol–water partition coefficient (Wildman–Crippen LogP) is 9.56. The van der Waals surface area contributed by atoms with Crippen LogP contribution in [0.25, 0.3) is 30.9 Å². The second-order valence-electron chi connectivity index (χ2n) is 7.46. The summed E-state index contributed by atoms with van der Waals surface area (Å²) in [5.41, 5.74) is 3.32. The average Bonchev–Trinajstić information content (AvgIpc) is 3.27. The number of allylic oxidation sites excluding steroid dienone is 3. The van der Waals surface area contributed by atoms with Crippen LogP contribution in [0.4, 0.5) is 11.4 Å². The second kappa shape index (κ2) is 9.93. The number of hydrogen-bond donors (Lipinski definition) is 1. The second-order valence-corrected chi connectivity index (χ2v) is 8.51. The number of rotatable bonds is 4. The summed E-state index contributed by atoms with van der Waals surface area (Å²) in [5.74, 6) is 0.331. The van der Waals surface area contributed by atoms with Gasteiger partial charge in [-0.05, 0) is 61.0 Å². The maximum absolute atomic E-state index is 10.8. The van der Waals surface area contributed by atoms with Crippen molar-refractivity contribution in [1.29, 1.82) is 0 Å². The van der Waals surface area contributed by atoms with Gasteiger partial charge in [-0.3, -0.25) is 0 Å². The quantitative estimate of drug-likeness (QED) is 0.275. The number of hydrogen-bond acceptors (Lipinski definition) is 3. The lowest BCUT2D eigenvalue weighted by Gasteiger charge is -2.27. The summed E-state index contributed by atoms with van der Waals surface area (Å²) in [5, 5.41) is 15.1. The number of benzene rings is 4. The monoisotopic (exact) mass is 451 g/mol. The third-order valence-electron chi connectivity index (χ3n) is 5.59. The maximum atomic E-state index is 10.8. The van der Waals surface area contributed by atoms with Crippen LogP contribution < -0.4 is 4.90 Å². The van der Waals surface area contributed by atoms with E-state index in [2.05, 4.69) is 90.7 Å². The molecule has 0 saturated carbocycles. The molecule has 3 heteroatoms. The van der Waals surface area contributed by atoms with E-state index in [4.69, 9.17) is 0 Å². The minimum absolute atomic E-state index is 0.331. The fourth-order valence-electron chi connectivity index (χ4n) is 4.27. The fraction of sp³-hybridized carbons (Fsp3) is 0.133. The Kier molecular flexibility index (Phi) is 6.81. The highest BCUT2D eigenvalue weighted by Crippen LogP contribution is 2.48. The fourth-order valence-corrected chi connectivity index (χ4v) is 5.52. The first-order valence-corrected chi connectivity index (χ1v) is 12.2. The van der Waals surface area contributed by atoms with E-state index in [9.17, 15) is 5.11 Å². The molecule has 0 aliphatic rings. The molecular formula is C30H29NOS. The van der Waals surface area contributed by atoms with E-state index in [-0.39, 0.29) is 0 Å². The lowest BCUT2D eigenvalue weighted by molar-refractivity contribution is 0.482. The molecule has 5 aromatic rings. The summed E-state index contributed by atoms with van der Waals surface area (Å²) in [7, 11) is 0. The van der Waals surface area contributed by atoms with Gasteiger partial charge in [-0.1, -0.05) is 74.5 Å². The van der Waals surface area contributed by atoms with Crippen molar-refractivity contribution in [2.24, 2.45) is 0 Å². The van der Waals surface area contributed by atoms with Crippen LogP contribution >= 0.6 is 11.3 Å². The molecule has 0 saturated heterocycles. The van der Waals surface area contributed by atoms with Gasteiger partial charge in [-0.15, -0.1) is 11.3 Å². The highest BCUT2D eigenvalue weighted by molar-refractivity contribution is 7.26. The highest BCUT2D eigenvalue weighted by atomic mass is 32.1. The molecule has 4 aromatic carbocycles. The number of thiophene rings is 1. The Morgan fingerprint density at radius 3 is 2.30 bits per heavy atom. The zero-order valence-corrected chi connectivity index (χ0v) is 20.4. The predicted molar refractivity (Wildman–Crippen MR) is 147 cm³/mol. The smallest absolute Gasteiger partial charge is 0.124 e. The van der Waals surface area contributed by atoms with E-state index in [1.54, 1.807) is 17.4 Å². The van der Waals surface area contributed by atoms with Gasteiger partial charge >= 0.3 is 0 Å². The van der Waals surface area contributed by atoms with Crippen molar-refractivity contribution < 1.29 is 5.11 Å². The van der Waals surface area contributed by atoms with Crippen LogP contribution in [0.1, 0.15) is 27.7 Å². The van der Waals surface area contributed by atoms with Crippen molar-refractivity contribution in [2.75, 3.05) is 4.90 Å². The van der Waals surface area contributed by atoms with Gasteiger partial charge in [0.15, 0.2) is 0 Å². The van der Waals surface area contributed by atoms with Crippen molar-refractivity contribution in [3.05, 3.63) is 103 Å². The summed E-state index contributed by atoms with van der Waals surface area (Å²) in [6.07, 6.45) is 6.35. The third-order valence-corrected chi connectivity index (χ3v) is 6.77. The zero-order chi connectivity index (χ0) is 23.4. The number of anilines is 2. The molecule has 0 fully saturated rings. The van der Waals surface area contributed by atoms with Gasteiger partial charge in [-0.25, -0.2) is 0 Å². The molecule has 0 atom stereocenters. The number of aromatic hydroxyl groups is 1. The van der Waals surface area contributed by atoms with Crippen molar-refractivity contribution in [1.82, 2.24) is 0 Å². The van der Waals surface area contributed by atoms with Crippen LogP contribution in [-0.4, -0.2) is 5.11 Å². The van der Waals surface area contributed by atoms with Gasteiger partial charge in [0.1, 0.15) is 5.75 Å². The molecule has 0 amide bonds. The summed E-state index contributed by atoms with van der Waals surface area (Å²) in [6, 6.07) is 26.9. The Morgan fingerprint density at radius 1 is 0.848 bits per heavy atom. The van der Waals surface area contributed by atoms with Gasteiger partial charge in [-0.2, -0.15) is 0 Å². The van der Waals surface area contributed by atoms with E-state index >= 15 is 0 Å². The van der Waals surface area contributed by atoms with Crippen molar-refractivity contribution in [3.63, 3.8) is 0 Å². The Hall–Kier alpha value is -3.56. The molecule has 0 aliphatic carbocycles. The summed E-state index contributed by atoms with van der Waals surface area (Å²) >= 11 is 1.73. The van der Waals surface area contributed by atoms with Gasteiger partial charge in [0.2, 0.25) is 0 Å². The van der Waals surface area contributed by atoms with Gasteiger partial charge in [0.25, 0.3) is 0 Å². The third kappa shape index (κ3) is 4.01. The van der Waals surface area contributed by atoms with Crippen molar-refractivity contribution in [2.45, 2.75) is 27.7 Å². The van der Waals surface area contributed by atoms with Crippen LogP contribution in [0.5, 0.6) is 5.75 Å². The van der Waals surface area contributed by atoms with Crippen molar-refractivity contribution >= 4 is 53.7 Å². The lowest BCUT2D eigenvalue weighted by atomic mass is 10.0. The Labute approximate surface area is 199 Å². The van der Waals surface area contributed by atoms with Crippen LogP contribution in [0.15, 0.2) is 103 Å². The number of fused-ring (bicyclic) bond motifs is 5. The molecule has 0 bridgehead atoms. The standard InChI is InChI=1S/C28H23NOS.C2H6/c1-3-11-20(4-2)29(21-13-6-5-7-14-21)23-18-19-12-8-9-15-22(19)26-27-24(30)16-10-17-25(27)31-28(23)26;1-2/h3-18,30H,1-2H3;1-2H3/b11-3-,20-4+;. The van der Waals surface area contributed by atoms with Crippen LogP contribution in [-0.2, 0) is 0 Å². The molecule has 5 rings (SSSR count). The Bertz CT molecular complexity index is 1460. The minimum Gasteiger partial charge on any atom is -0.507 e. The first-order chi connectivity index (χ1) is 16.2. The van der Waals surface area contributed by atoms with E-state index in [1.165, 1.54) is 4.70 Å².